The molecular formula is C21H23N3O4S2. The first-order chi connectivity index (χ1) is 14.3. The molecule has 0 aliphatic carbocycles. The third kappa shape index (κ3) is 4.97. The summed E-state index contributed by atoms with van der Waals surface area (Å²) in [6, 6.07) is 13.7. The molecule has 0 aliphatic rings. The normalized spacial score (nSPS) is 11.7. The molecule has 0 saturated carbocycles. The Labute approximate surface area is 180 Å². The van der Waals surface area contributed by atoms with Crippen molar-refractivity contribution in [2.24, 2.45) is 0 Å². The van der Waals surface area contributed by atoms with Gasteiger partial charge in [-0.3, -0.25) is 4.79 Å². The summed E-state index contributed by atoms with van der Waals surface area (Å²) >= 11 is 1.17. The second-order valence-corrected chi connectivity index (χ2v) is 9.43. The van der Waals surface area contributed by atoms with Crippen LogP contribution in [0.25, 0.3) is 11.5 Å². The smallest absolute Gasteiger partial charge is 0.277 e. The zero-order valence-corrected chi connectivity index (χ0v) is 18.7. The Morgan fingerprint density at radius 1 is 1.00 bits per heavy atom. The molecule has 3 rings (SSSR count). The number of sulfonamides is 1. The Morgan fingerprint density at radius 2 is 1.63 bits per heavy atom. The topological polar surface area (TPSA) is 93.4 Å². The fourth-order valence-electron chi connectivity index (χ4n) is 2.82. The van der Waals surface area contributed by atoms with Crippen molar-refractivity contribution in [3.05, 3.63) is 59.7 Å². The lowest BCUT2D eigenvalue weighted by atomic mass is 10.1. The van der Waals surface area contributed by atoms with Gasteiger partial charge < -0.3 is 4.42 Å². The largest absolute Gasteiger partial charge is 0.411 e. The van der Waals surface area contributed by atoms with Crippen LogP contribution in [-0.4, -0.2) is 47.5 Å². The molecule has 0 radical (unpaired) electrons. The Morgan fingerprint density at radius 3 is 2.23 bits per heavy atom. The van der Waals surface area contributed by atoms with Gasteiger partial charge in [-0.1, -0.05) is 55.4 Å². The average Bonchev–Trinajstić information content (AvgIpc) is 3.22. The summed E-state index contributed by atoms with van der Waals surface area (Å²) in [5.74, 6) is 0.434. The van der Waals surface area contributed by atoms with Crippen molar-refractivity contribution >= 4 is 27.6 Å². The predicted octanol–water partition coefficient (Wildman–Crippen LogP) is 4.05. The van der Waals surface area contributed by atoms with Crippen molar-refractivity contribution in [2.75, 3.05) is 18.8 Å². The van der Waals surface area contributed by atoms with E-state index in [1.807, 2.05) is 19.1 Å². The number of hydrogen-bond acceptors (Lipinski definition) is 7. The molecule has 0 saturated heterocycles. The van der Waals surface area contributed by atoms with Gasteiger partial charge in [0.15, 0.2) is 5.78 Å². The molecule has 30 heavy (non-hydrogen) atoms. The van der Waals surface area contributed by atoms with Crippen molar-refractivity contribution < 1.29 is 17.6 Å². The fourth-order valence-corrected chi connectivity index (χ4v) is 4.93. The van der Waals surface area contributed by atoms with Gasteiger partial charge in [-0.25, -0.2) is 8.42 Å². The minimum atomic E-state index is -3.52. The van der Waals surface area contributed by atoms with Gasteiger partial charge in [-0.05, 0) is 31.2 Å². The van der Waals surface area contributed by atoms with Crippen LogP contribution in [0.1, 0.15) is 29.8 Å². The van der Waals surface area contributed by atoms with Gasteiger partial charge in [0.1, 0.15) is 0 Å². The number of aryl methyl sites for hydroxylation is 1. The van der Waals surface area contributed by atoms with E-state index in [2.05, 4.69) is 10.2 Å². The third-order valence-electron chi connectivity index (χ3n) is 4.55. The zero-order valence-electron chi connectivity index (χ0n) is 17.0. The predicted molar refractivity (Wildman–Crippen MR) is 116 cm³/mol. The molecule has 0 fully saturated rings. The van der Waals surface area contributed by atoms with E-state index < -0.39 is 10.0 Å². The van der Waals surface area contributed by atoms with Crippen molar-refractivity contribution in [2.45, 2.75) is 30.9 Å². The molecule has 0 atom stereocenters. The second kappa shape index (κ2) is 9.55. The molecule has 0 amide bonds. The lowest BCUT2D eigenvalue weighted by molar-refractivity contribution is 0.102. The van der Waals surface area contributed by atoms with Gasteiger partial charge >= 0.3 is 0 Å². The van der Waals surface area contributed by atoms with E-state index in [1.54, 1.807) is 38.1 Å². The first-order valence-corrected chi connectivity index (χ1v) is 11.9. The maximum atomic E-state index is 12.6. The standard InChI is InChI=1S/C21H23N3O4S2/c1-4-24(5-2)30(26,27)18-12-10-17(11-13-18)20-22-23-21(28-20)29-14-19(25)16-8-6-15(3)7-9-16/h6-13H,4-5,14H2,1-3H3. The summed E-state index contributed by atoms with van der Waals surface area (Å²) in [4.78, 5) is 12.5. The molecule has 0 unspecified atom stereocenters. The van der Waals surface area contributed by atoms with Crippen LogP contribution in [0, 0.1) is 6.92 Å². The highest BCUT2D eigenvalue weighted by molar-refractivity contribution is 7.99. The van der Waals surface area contributed by atoms with Gasteiger partial charge in [0, 0.05) is 24.2 Å². The maximum absolute atomic E-state index is 12.6. The fraction of sp³-hybridized carbons (Fsp3) is 0.286. The van der Waals surface area contributed by atoms with E-state index in [0.29, 0.717) is 24.2 Å². The quantitative estimate of drug-likeness (QED) is 0.362. The molecule has 1 heterocycles. The summed E-state index contributed by atoms with van der Waals surface area (Å²) in [6.07, 6.45) is 0. The summed E-state index contributed by atoms with van der Waals surface area (Å²) in [5, 5.41) is 8.25. The molecule has 2 aromatic carbocycles. The molecule has 1 aromatic heterocycles. The number of carbonyl (C=O) groups is 1. The van der Waals surface area contributed by atoms with Crippen LogP contribution in [0.4, 0.5) is 0 Å². The molecule has 158 valence electrons. The average molecular weight is 446 g/mol. The van der Waals surface area contributed by atoms with Crippen LogP contribution < -0.4 is 0 Å². The summed E-state index contributed by atoms with van der Waals surface area (Å²) in [6.45, 7) is 6.39. The van der Waals surface area contributed by atoms with E-state index in [-0.39, 0.29) is 27.5 Å². The van der Waals surface area contributed by atoms with Crippen LogP contribution in [-0.2, 0) is 10.0 Å². The minimum absolute atomic E-state index is 0.0225. The van der Waals surface area contributed by atoms with Gasteiger partial charge in [0.25, 0.3) is 5.22 Å². The van der Waals surface area contributed by atoms with Crippen LogP contribution in [0.3, 0.4) is 0 Å². The first kappa shape index (κ1) is 22.2. The molecule has 0 spiro atoms. The second-order valence-electron chi connectivity index (χ2n) is 6.56. The molecule has 0 N–H and O–H groups in total. The minimum Gasteiger partial charge on any atom is -0.411 e. The van der Waals surface area contributed by atoms with Crippen LogP contribution in [0.5, 0.6) is 0 Å². The highest BCUT2D eigenvalue weighted by Gasteiger charge is 2.21. The zero-order chi connectivity index (χ0) is 21.7. The molecule has 9 heteroatoms. The number of rotatable bonds is 9. The SMILES string of the molecule is CCN(CC)S(=O)(=O)c1ccc(-c2nnc(SCC(=O)c3ccc(C)cc3)o2)cc1. The van der Waals surface area contributed by atoms with E-state index in [0.717, 1.165) is 5.56 Å². The first-order valence-electron chi connectivity index (χ1n) is 9.52. The van der Waals surface area contributed by atoms with Crippen molar-refractivity contribution in [1.82, 2.24) is 14.5 Å². The van der Waals surface area contributed by atoms with E-state index in [4.69, 9.17) is 4.42 Å². The van der Waals surface area contributed by atoms with Crippen LogP contribution >= 0.6 is 11.8 Å². The Hall–Kier alpha value is -2.49. The maximum Gasteiger partial charge on any atom is 0.277 e. The highest BCUT2D eigenvalue weighted by atomic mass is 32.2. The molecule has 0 bridgehead atoms. The monoisotopic (exact) mass is 445 g/mol. The van der Waals surface area contributed by atoms with Crippen LogP contribution in [0.15, 0.2) is 63.1 Å². The highest BCUT2D eigenvalue weighted by Crippen LogP contribution is 2.25. The Balaban J connectivity index is 1.67. The van der Waals surface area contributed by atoms with E-state index >= 15 is 0 Å². The Kier molecular flexibility index (Phi) is 7.06. The number of thioether (sulfide) groups is 1. The number of carbonyl (C=O) groups excluding carboxylic acids is 1. The number of aromatic nitrogens is 2. The van der Waals surface area contributed by atoms with Gasteiger partial charge in [-0.15, -0.1) is 10.2 Å². The third-order valence-corrected chi connectivity index (χ3v) is 7.43. The van der Waals surface area contributed by atoms with Crippen molar-refractivity contribution in [3.63, 3.8) is 0 Å². The van der Waals surface area contributed by atoms with Crippen molar-refractivity contribution in [1.29, 1.82) is 0 Å². The molecule has 7 nitrogen and oxygen atoms in total. The lowest BCUT2D eigenvalue weighted by Gasteiger charge is -2.18. The summed E-state index contributed by atoms with van der Waals surface area (Å²) in [5.41, 5.74) is 2.34. The van der Waals surface area contributed by atoms with Crippen LogP contribution in [0.2, 0.25) is 0 Å². The molecular weight excluding hydrogens is 422 g/mol. The number of benzene rings is 2. The number of hydrogen-bond donors (Lipinski definition) is 0. The number of Topliss-reactive ketones (excluding diaryl/α,β-unsaturated/α-hetero) is 1. The number of ketones is 1. The van der Waals surface area contributed by atoms with Gasteiger partial charge in [-0.2, -0.15) is 4.31 Å². The molecule has 3 aromatic rings. The van der Waals surface area contributed by atoms with Crippen molar-refractivity contribution in [3.8, 4) is 11.5 Å². The van der Waals surface area contributed by atoms with E-state index in [1.165, 1.54) is 28.2 Å². The lowest BCUT2D eigenvalue weighted by Crippen LogP contribution is -2.30. The Bertz CT molecular complexity index is 1100. The summed E-state index contributed by atoms with van der Waals surface area (Å²) < 4.78 is 32.2. The van der Waals surface area contributed by atoms with Gasteiger partial charge in [0.05, 0.1) is 10.6 Å². The number of nitrogens with zero attached hydrogens (tertiary/aromatic N) is 3. The van der Waals surface area contributed by atoms with Gasteiger partial charge in [0.2, 0.25) is 15.9 Å². The molecule has 0 aliphatic heterocycles. The summed E-state index contributed by atoms with van der Waals surface area (Å²) in [7, 11) is -3.52. The van der Waals surface area contributed by atoms with E-state index in [9.17, 15) is 13.2 Å².